The molecule has 1 saturated heterocycles. The van der Waals surface area contributed by atoms with Crippen molar-refractivity contribution in [1.82, 2.24) is 20.4 Å². The Bertz CT molecular complexity index is 1080. The molecule has 1 aliphatic heterocycles. The molecule has 0 spiro atoms. The third kappa shape index (κ3) is 4.67. The minimum absolute atomic E-state index is 0.0293. The van der Waals surface area contributed by atoms with E-state index < -0.39 is 12.3 Å². The van der Waals surface area contributed by atoms with Gasteiger partial charge in [-0.3, -0.25) is 15.4 Å². The first-order valence-corrected chi connectivity index (χ1v) is 9.95. The quantitative estimate of drug-likeness (QED) is 0.507. The highest BCUT2D eigenvalue weighted by molar-refractivity contribution is 6.00. The highest BCUT2D eigenvalue weighted by atomic mass is 16.5. The van der Waals surface area contributed by atoms with Crippen LogP contribution < -0.4 is 26.0 Å². The Morgan fingerprint density at radius 3 is 2.61 bits per heavy atom. The summed E-state index contributed by atoms with van der Waals surface area (Å²) in [5.74, 6) is 0.891. The van der Waals surface area contributed by atoms with Crippen molar-refractivity contribution in [3.63, 3.8) is 0 Å². The van der Waals surface area contributed by atoms with Crippen molar-refractivity contribution < 1.29 is 14.3 Å². The van der Waals surface area contributed by atoms with Crippen LogP contribution >= 0.6 is 0 Å². The molecule has 2 unspecified atom stereocenters. The molecule has 1 aromatic heterocycles. The number of methoxy groups -OCH3 is 1. The summed E-state index contributed by atoms with van der Waals surface area (Å²) in [6, 6.07) is 18.0. The molecule has 9 nitrogen and oxygen atoms in total. The van der Waals surface area contributed by atoms with E-state index in [1.165, 1.54) is 7.11 Å². The van der Waals surface area contributed by atoms with E-state index in [2.05, 4.69) is 26.4 Å². The molecule has 3 amide bonds. The third-order valence-electron chi connectivity index (χ3n) is 4.88. The second-order valence-electron chi connectivity index (χ2n) is 7.25. The molecule has 2 heterocycles. The van der Waals surface area contributed by atoms with Crippen LogP contribution in [0.2, 0.25) is 0 Å². The van der Waals surface area contributed by atoms with E-state index in [4.69, 9.17) is 4.74 Å². The van der Waals surface area contributed by atoms with E-state index in [1.807, 2.05) is 43.3 Å². The van der Waals surface area contributed by atoms with E-state index in [1.54, 1.807) is 28.9 Å². The average molecular weight is 420 g/mol. The van der Waals surface area contributed by atoms with Gasteiger partial charge in [0, 0.05) is 24.1 Å². The summed E-state index contributed by atoms with van der Waals surface area (Å²) in [4.78, 5) is 24.8. The molecule has 1 aliphatic rings. The summed E-state index contributed by atoms with van der Waals surface area (Å²) < 4.78 is 6.85. The number of carbonyl (C=O) groups is 2. The topological polar surface area (TPSA) is 109 Å². The lowest BCUT2D eigenvalue weighted by Gasteiger charge is -2.30. The maximum atomic E-state index is 12.7. The van der Waals surface area contributed by atoms with Crippen molar-refractivity contribution in [1.29, 1.82) is 0 Å². The van der Waals surface area contributed by atoms with Crippen LogP contribution in [-0.4, -0.2) is 34.9 Å². The molecule has 1 fully saturated rings. The number of hydrogen-bond acceptors (Lipinski definition) is 5. The van der Waals surface area contributed by atoms with Gasteiger partial charge >= 0.3 is 6.03 Å². The van der Waals surface area contributed by atoms with Crippen LogP contribution in [0.4, 0.5) is 16.3 Å². The summed E-state index contributed by atoms with van der Waals surface area (Å²) in [5, 5.41) is 16.4. The Kier molecular flexibility index (Phi) is 5.85. The number of aromatic nitrogens is 2. The van der Waals surface area contributed by atoms with Crippen molar-refractivity contribution in [2.45, 2.75) is 25.7 Å². The van der Waals surface area contributed by atoms with Crippen LogP contribution in [0.15, 0.2) is 60.7 Å². The van der Waals surface area contributed by atoms with E-state index in [0.29, 0.717) is 29.4 Å². The Morgan fingerprint density at radius 1 is 1.13 bits per heavy atom. The molecule has 2 atom stereocenters. The predicted molar refractivity (Wildman–Crippen MR) is 118 cm³/mol. The van der Waals surface area contributed by atoms with Gasteiger partial charge in [0.05, 0.1) is 18.5 Å². The zero-order chi connectivity index (χ0) is 21.8. The van der Waals surface area contributed by atoms with E-state index in [9.17, 15) is 9.59 Å². The summed E-state index contributed by atoms with van der Waals surface area (Å²) >= 11 is 0. The minimum Gasteiger partial charge on any atom is -0.495 e. The van der Waals surface area contributed by atoms with Gasteiger partial charge in [-0.25, -0.2) is 9.48 Å². The fourth-order valence-electron chi connectivity index (χ4n) is 3.44. The molecule has 9 heteroatoms. The largest absolute Gasteiger partial charge is 0.495 e. The molecule has 0 bridgehead atoms. The first-order valence-electron chi connectivity index (χ1n) is 9.95. The highest BCUT2D eigenvalue weighted by Crippen LogP contribution is 2.26. The third-order valence-corrected chi connectivity index (χ3v) is 4.88. The van der Waals surface area contributed by atoms with Crippen LogP contribution in [0.5, 0.6) is 5.75 Å². The normalized spacial score (nSPS) is 18.2. The van der Waals surface area contributed by atoms with Crippen molar-refractivity contribution in [2.24, 2.45) is 0 Å². The number of para-hydroxylation sites is 2. The van der Waals surface area contributed by atoms with Crippen LogP contribution in [0.25, 0.3) is 11.3 Å². The number of urea groups is 1. The number of carbonyl (C=O) groups excluding carboxylic acids is 2. The van der Waals surface area contributed by atoms with Gasteiger partial charge in [0.15, 0.2) is 6.29 Å². The monoisotopic (exact) mass is 420 g/mol. The van der Waals surface area contributed by atoms with E-state index >= 15 is 0 Å². The molecule has 2 aromatic carbocycles. The number of anilines is 2. The average Bonchev–Trinajstić information content (AvgIpc) is 3.18. The maximum Gasteiger partial charge on any atom is 0.324 e. The first kappa shape index (κ1) is 20.4. The molecule has 4 rings (SSSR count). The fourth-order valence-corrected chi connectivity index (χ4v) is 3.44. The van der Waals surface area contributed by atoms with Crippen molar-refractivity contribution in [3.8, 4) is 17.0 Å². The lowest BCUT2D eigenvalue weighted by molar-refractivity contribution is -0.125. The molecule has 0 radical (unpaired) electrons. The highest BCUT2D eigenvalue weighted by Gasteiger charge is 2.27. The SMILES string of the molecule is COc1ccccc1NC(=O)Nc1cc(-c2ccccc2)nn1C1NC(=O)CC(C)N1. The van der Waals surface area contributed by atoms with Gasteiger partial charge in [-0.15, -0.1) is 0 Å². The predicted octanol–water partition coefficient (Wildman–Crippen LogP) is 3.16. The summed E-state index contributed by atoms with van der Waals surface area (Å²) in [6.07, 6.45) is -0.212. The molecule has 31 heavy (non-hydrogen) atoms. The second kappa shape index (κ2) is 8.88. The summed E-state index contributed by atoms with van der Waals surface area (Å²) in [6.45, 7) is 1.93. The van der Waals surface area contributed by atoms with Crippen LogP contribution in [0.3, 0.4) is 0 Å². The van der Waals surface area contributed by atoms with Crippen molar-refractivity contribution >= 4 is 23.4 Å². The molecular formula is C22H24N6O3. The lowest BCUT2D eigenvalue weighted by Crippen LogP contribution is -2.52. The molecule has 160 valence electrons. The van der Waals surface area contributed by atoms with E-state index in [0.717, 1.165) is 5.56 Å². The van der Waals surface area contributed by atoms with Gasteiger partial charge in [0.2, 0.25) is 5.91 Å². The molecular weight excluding hydrogens is 396 g/mol. The standard InChI is InChI=1S/C22H24N6O3/c1-14-12-20(29)26-21(23-14)28-19(13-17(27-28)15-8-4-3-5-9-15)25-22(30)24-16-10-6-7-11-18(16)31-2/h3-11,13-14,21,23H,12H2,1-2H3,(H,26,29)(H2,24,25,30). The van der Waals surface area contributed by atoms with Crippen molar-refractivity contribution in [3.05, 3.63) is 60.7 Å². The number of benzene rings is 2. The lowest BCUT2D eigenvalue weighted by atomic mass is 10.2. The van der Waals surface area contributed by atoms with Gasteiger partial charge in [0.1, 0.15) is 11.6 Å². The first-order chi connectivity index (χ1) is 15.0. The Hall–Kier alpha value is -3.85. The zero-order valence-electron chi connectivity index (χ0n) is 17.3. The molecule has 0 aliphatic carbocycles. The van der Waals surface area contributed by atoms with Gasteiger partial charge < -0.3 is 15.4 Å². The van der Waals surface area contributed by atoms with E-state index in [-0.39, 0.29) is 11.9 Å². The van der Waals surface area contributed by atoms with Gasteiger partial charge in [-0.1, -0.05) is 42.5 Å². The number of hydrogen-bond donors (Lipinski definition) is 4. The fraction of sp³-hybridized carbons (Fsp3) is 0.227. The van der Waals surface area contributed by atoms with Gasteiger partial charge in [-0.2, -0.15) is 5.10 Å². The molecule has 4 N–H and O–H groups in total. The number of amides is 3. The molecule has 3 aromatic rings. The number of ether oxygens (including phenoxy) is 1. The number of nitrogens with zero attached hydrogens (tertiary/aromatic N) is 2. The number of nitrogens with one attached hydrogen (secondary N) is 4. The van der Waals surface area contributed by atoms with Gasteiger partial charge in [0.25, 0.3) is 0 Å². The van der Waals surface area contributed by atoms with Crippen LogP contribution in [0.1, 0.15) is 19.6 Å². The zero-order valence-corrected chi connectivity index (χ0v) is 17.3. The Labute approximate surface area is 179 Å². The Balaban J connectivity index is 1.62. The Morgan fingerprint density at radius 2 is 1.87 bits per heavy atom. The van der Waals surface area contributed by atoms with Crippen LogP contribution in [0, 0.1) is 0 Å². The van der Waals surface area contributed by atoms with Gasteiger partial charge in [-0.05, 0) is 19.1 Å². The smallest absolute Gasteiger partial charge is 0.324 e. The maximum absolute atomic E-state index is 12.7. The summed E-state index contributed by atoms with van der Waals surface area (Å²) in [7, 11) is 1.54. The minimum atomic E-state index is -0.588. The van der Waals surface area contributed by atoms with Crippen LogP contribution in [-0.2, 0) is 4.79 Å². The molecule has 0 saturated carbocycles. The number of rotatable bonds is 5. The van der Waals surface area contributed by atoms with Crippen molar-refractivity contribution in [2.75, 3.05) is 17.7 Å². The summed E-state index contributed by atoms with van der Waals surface area (Å²) in [5.41, 5.74) is 2.10. The second-order valence-corrected chi connectivity index (χ2v) is 7.25.